The van der Waals surface area contributed by atoms with Gasteiger partial charge in [-0.1, -0.05) is 6.92 Å². The van der Waals surface area contributed by atoms with Crippen LogP contribution in [0.4, 0.5) is 0 Å². The van der Waals surface area contributed by atoms with E-state index in [1.54, 1.807) is 0 Å². The molecule has 1 saturated heterocycles. The van der Waals surface area contributed by atoms with E-state index in [1.165, 1.54) is 13.0 Å². The first-order valence-corrected chi connectivity index (χ1v) is 3.63. The number of nitrogens with zero attached hydrogens (tertiary/aromatic N) is 1. The SMILES string of the molecule is CCN1CCC(Cl)C1. The van der Waals surface area contributed by atoms with Gasteiger partial charge in [-0.15, -0.1) is 11.6 Å². The lowest BCUT2D eigenvalue weighted by molar-refractivity contribution is 0.359. The summed E-state index contributed by atoms with van der Waals surface area (Å²) in [7, 11) is 0. The fourth-order valence-electron chi connectivity index (χ4n) is 1.07. The average molecular weight is 134 g/mol. The molecule has 0 aliphatic carbocycles. The molecule has 0 radical (unpaired) electrons. The fourth-order valence-corrected chi connectivity index (χ4v) is 1.37. The van der Waals surface area contributed by atoms with E-state index >= 15 is 0 Å². The molecule has 48 valence electrons. The van der Waals surface area contributed by atoms with Crippen LogP contribution in [0.5, 0.6) is 0 Å². The van der Waals surface area contributed by atoms with Crippen molar-refractivity contribution in [3.63, 3.8) is 0 Å². The number of likely N-dealkylation sites (tertiary alicyclic amines) is 1. The lowest BCUT2D eigenvalue weighted by Crippen LogP contribution is -2.19. The van der Waals surface area contributed by atoms with Gasteiger partial charge < -0.3 is 4.90 Å². The first-order valence-electron chi connectivity index (χ1n) is 3.19. The van der Waals surface area contributed by atoms with Crippen LogP contribution in [-0.2, 0) is 0 Å². The third-order valence-corrected chi connectivity index (χ3v) is 2.02. The van der Waals surface area contributed by atoms with E-state index in [9.17, 15) is 0 Å². The highest BCUT2D eigenvalue weighted by atomic mass is 35.5. The highest BCUT2D eigenvalue weighted by molar-refractivity contribution is 6.20. The molecule has 2 heteroatoms. The van der Waals surface area contributed by atoms with E-state index in [2.05, 4.69) is 11.8 Å². The van der Waals surface area contributed by atoms with Crippen LogP contribution in [0.3, 0.4) is 0 Å². The Morgan fingerprint density at radius 1 is 1.75 bits per heavy atom. The molecule has 0 aromatic rings. The maximum Gasteiger partial charge on any atom is 0.0475 e. The van der Waals surface area contributed by atoms with E-state index in [-0.39, 0.29) is 0 Å². The predicted octanol–water partition coefficient (Wildman–Crippen LogP) is 1.32. The molecule has 1 unspecified atom stereocenters. The maximum absolute atomic E-state index is 5.84. The molecule has 0 N–H and O–H groups in total. The second kappa shape index (κ2) is 2.70. The van der Waals surface area contributed by atoms with Crippen molar-refractivity contribution in [2.45, 2.75) is 18.7 Å². The van der Waals surface area contributed by atoms with Gasteiger partial charge in [-0.2, -0.15) is 0 Å². The highest BCUT2D eigenvalue weighted by Crippen LogP contribution is 2.13. The second-order valence-electron chi connectivity index (χ2n) is 2.28. The summed E-state index contributed by atoms with van der Waals surface area (Å²) >= 11 is 5.84. The van der Waals surface area contributed by atoms with Crippen molar-refractivity contribution in [3.05, 3.63) is 0 Å². The van der Waals surface area contributed by atoms with Crippen molar-refractivity contribution in [2.24, 2.45) is 0 Å². The minimum atomic E-state index is 0.426. The van der Waals surface area contributed by atoms with Crippen LogP contribution in [0.15, 0.2) is 0 Å². The Bertz CT molecular complexity index is 74.9. The summed E-state index contributed by atoms with van der Waals surface area (Å²) in [5.41, 5.74) is 0. The number of halogens is 1. The molecule has 0 spiro atoms. The molecule has 1 atom stereocenters. The summed E-state index contributed by atoms with van der Waals surface area (Å²) in [4.78, 5) is 2.37. The van der Waals surface area contributed by atoms with E-state index in [1.807, 2.05) is 0 Å². The van der Waals surface area contributed by atoms with Crippen LogP contribution in [0.1, 0.15) is 13.3 Å². The van der Waals surface area contributed by atoms with Crippen LogP contribution in [0, 0.1) is 0 Å². The summed E-state index contributed by atoms with van der Waals surface area (Å²) in [6.07, 6.45) is 1.18. The Hall–Kier alpha value is 0.250. The van der Waals surface area contributed by atoms with E-state index in [0.29, 0.717) is 5.38 Å². The molecule has 0 amide bonds. The molecule has 0 aromatic heterocycles. The van der Waals surface area contributed by atoms with Crippen molar-refractivity contribution < 1.29 is 0 Å². The van der Waals surface area contributed by atoms with Gasteiger partial charge in [-0.05, 0) is 19.5 Å². The largest absolute Gasteiger partial charge is 0.302 e. The highest BCUT2D eigenvalue weighted by Gasteiger charge is 2.17. The van der Waals surface area contributed by atoms with Crippen LogP contribution in [-0.4, -0.2) is 29.9 Å². The van der Waals surface area contributed by atoms with Crippen LogP contribution >= 0.6 is 11.6 Å². The molecular formula is C6H12ClN. The Kier molecular flexibility index (Phi) is 2.15. The van der Waals surface area contributed by atoms with E-state index in [4.69, 9.17) is 11.6 Å². The van der Waals surface area contributed by atoms with Crippen molar-refractivity contribution in [1.82, 2.24) is 4.90 Å². The summed E-state index contributed by atoms with van der Waals surface area (Å²) in [6, 6.07) is 0. The molecule has 0 bridgehead atoms. The first-order chi connectivity index (χ1) is 3.83. The number of rotatable bonds is 1. The number of alkyl halides is 1. The van der Waals surface area contributed by atoms with Crippen molar-refractivity contribution in [2.75, 3.05) is 19.6 Å². The van der Waals surface area contributed by atoms with Gasteiger partial charge in [-0.3, -0.25) is 0 Å². The van der Waals surface area contributed by atoms with Crippen molar-refractivity contribution >= 4 is 11.6 Å². The van der Waals surface area contributed by atoms with Crippen LogP contribution in [0.2, 0.25) is 0 Å². The molecule has 1 rings (SSSR count). The Labute approximate surface area is 55.6 Å². The zero-order valence-electron chi connectivity index (χ0n) is 5.23. The second-order valence-corrected chi connectivity index (χ2v) is 2.90. The normalized spacial score (nSPS) is 31.5. The van der Waals surface area contributed by atoms with Gasteiger partial charge in [0.1, 0.15) is 0 Å². The lowest BCUT2D eigenvalue weighted by Gasteiger charge is -2.09. The fraction of sp³-hybridized carbons (Fsp3) is 1.00. The van der Waals surface area contributed by atoms with Gasteiger partial charge in [0.05, 0.1) is 0 Å². The minimum Gasteiger partial charge on any atom is -0.302 e. The Balaban J connectivity index is 2.22. The van der Waals surface area contributed by atoms with Gasteiger partial charge in [0, 0.05) is 11.9 Å². The first kappa shape index (κ1) is 6.37. The van der Waals surface area contributed by atoms with Gasteiger partial charge in [0.25, 0.3) is 0 Å². The van der Waals surface area contributed by atoms with Crippen LogP contribution < -0.4 is 0 Å². The number of hydrogen-bond acceptors (Lipinski definition) is 1. The smallest absolute Gasteiger partial charge is 0.0475 e. The van der Waals surface area contributed by atoms with Crippen molar-refractivity contribution in [3.8, 4) is 0 Å². The number of hydrogen-bond donors (Lipinski definition) is 0. The molecule has 0 aromatic carbocycles. The Morgan fingerprint density at radius 2 is 2.50 bits per heavy atom. The van der Waals surface area contributed by atoms with Gasteiger partial charge in [-0.25, -0.2) is 0 Å². The lowest BCUT2D eigenvalue weighted by atomic mass is 10.4. The Morgan fingerprint density at radius 3 is 2.75 bits per heavy atom. The predicted molar refractivity (Wildman–Crippen MR) is 36.4 cm³/mol. The third-order valence-electron chi connectivity index (χ3n) is 1.66. The van der Waals surface area contributed by atoms with E-state index in [0.717, 1.165) is 13.1 Å². The molecule has 0 saturated carbocycles. The zero-order valence-corrected chi connectivity index (χ0v) is 5.99. The molecule has 1 aliphatic rings. The molecule has 1 nitrogen and oxygen atoms in total. The van der Waals surface area contributed by atoms with Gasteiger partial charge in [0.2, 0.25) is 0 Å². The van der Waals surface area contributed by atoms with Gasteiger partial charge in [0.15, 0.2) is 0 Å². The van der Waals surface area contributed by atoms with Gasteiger partial charge >= 0.3 is 0 Å². The molecular weight excluding hydrogens is 122 g/mol. The standard InChI is InChI=1S/C6H12ClN/c1-2-8-4-3-6(7)5-8/h6H,2-5H2,1H3. The summed E-state index contributed by atoms with van der Waals surface area (Å²) in [5.74, 6) is 0. The summed E-state index contributed by atoms with van der Waals surface area (Å²) in [5, 5.41) is 0.426. The minimum absolute atomic E-state index is 0.426. The zero-order chi connectivity index (χ0) is 5.98. The topological polar surface area (TPSA) is 3.24 Å². The molecule has 8 heavy (non-hydrogen) atoms. The van der Waals surface area contributed by atoms with Crippen molar-refractivity contribution in [1.29, 1.82) is 0 Å². The molecule has 1 aliphatic heterocycles. The van der Waals surface area contributed by atoms with E-state index < -0.39 is 0 Å². The molecule has 1 heterocycles. The summed E-state index contributed by atoms with van der Waals surface area (Å²) < 4.78 is 0. The maximum atomic E-state index is 5.84. The quantitative estimate of drug-likeness (QED) is 0.488. The van der Waals surface area contributed by atoms with Crippen LogP contribution in [0.25, 0.3) is 0 Å². The molecule has 1 fully saturated rings. The monoisotopic (exact) mass is 133 g/mol. The summed E-state index contributed by atoms with van der Waals surface area (Å²) in [6.45, 7) is 5.63. The third kappa shape index (κ3) is 1.36. The average Bonchev–Trinajstić information content (AvgIpc) is 2.14.